The lowest BCUT2D eigenvalue weighted by Gasteiger charge is -2.31. The van der Waals surface area contributed by atoms with Crippen molar-refractivity contribution in [2.75, 3.05) is 39.4 Å². The highest BCUT2D eigenvalue weighted by atomic mass is 32.2. The standard InChI is InChI=1S/C27H38N2O3S/c1-3-32-21-24-15-19-29(20-16-24)33(30,31)27-12-10-26(11-13-27)25-8-6-23(7-9-25)14-18-28-17-4-5-22(28)2/h6-13,22,24H,3-5,14-21H2,1-2H3/t22-/m1/s1. The van der Waals surface area contributed by atoms with Gasteiger partial charge in [-0.1, -0.05) is 36.4 Å². The third-order valence-corrected chi connectivity index (χ3v) is 9.20. The first kappa shape index (κ1) is 24.4. The molecule has 180 valence electrons. The van der Waals surface area contributed by atoms with Crippen molar-refractivity contribution in [1.82, 2.24) is 9.21 Å². The van der Waals surface area contributed by atoms with Crippen molar-refractivity contribution in [2.45, 2.75) is 56.9 Å². The summed E-state index contributed by atoms with van der Waals surface area (Å²) < 4.78 is 33.3. The molecule has 0 spiro atoms. The molecule has 4 rings (SSSR count). The highest BCUT2D eigenvalue weighted by Gasteiger charge is 2.29. The number of likely N-dealkylation sites (tertiary alicyclic amines) is 1. The molecule has 0 unspecified atom stereocenters. The lowest BCUT2D eigenvalue weighted by Crippen LogP contribution is -2.39. The van der Waals surface area contributed by atoms with Gasteiger partial charge in [0.15, 0.2) is 0 Å². The third-order valence-electron chi connectivity index (χ3n) is 7.29. The summed E-state index contributed by atoms with van der Waals surface area (Å²) in [5, 5.41) is 0. The molecule has 0 aromatic heterocycles. The molecular weight excluding hydrogens is 432 g/mol. The van der Waals surface area contributed by atoms with Crippen molar-refractivity contribution in [3.8, 4) is 11.1 Å². The van der Waals surface area contributed by atoms with Gasteiger partial charge in [0.1, 0.15) is 0 Å². The Morgan fingerprint density at radius 3 is 2.12 bits per heavy atom. The summed E-state index contributed by atoms with van der Waals surface area (Å²) in [4.78, 5) is 2.96. The van der Waals surface area contributed by atoms with Crippen molar-refractivity contribution in [2.24, 2.45) is 5.92 Å². The van der Waals surface area contributed by atoms with Crippen LogP contribution in [0.5, 0.6) is 0 Å². The Bertz CT molecular complexity index is 981. The Kier molecular flexibility index (Phi) is 8.23. The van der Waals surface area contributed by atoms with Crippen LogP contribution >= 0.6 is 0 Å². The molecule has 2 fully saturated rings. The number of nitrogens with zero attached hydrogens (tertiary/aromatic N) is 2. The highest BCUT2D eigenvalue weighted by molar-refractivity contribution is 7.89. The SMILES string of the molecule is CCOCC1CCN(S(=O)(=O)c2ccc(-c3ccc(CCN4CCC[C@H]4C)cc3)cc2)CC1. The minimum Gasteiger partial charge on any atom is -0.381 e. The van der Waals surface area contributed by atoms with Crippen LogP contribution in [-0.2, 0) is 21.2 Å². The second-order valence-electron chi connectivity index (χ2n) is 9.51. The number of rotatable bonds is 9. The quantitative estimate of drug-likeness (QED) is 0.527. The van der Waals surface area contributed by atoms with Gasteiger partial charge in [-0.05, 0) is 87.2 Å². The van der Waals surface area contributed by atoms with Crippen LogP contribution in [0, 0.1) is 5.92 Å². The molecule has 0 radical (unpaired) electrons. The molecule has 2 heterocycles. The summed E-state index contributed by atoms with van der Waals surface area (Å²) in [5.74, 6) is 0.459. The molecule has 0 N–H and O–H groups in total. The maximum absolute atomic E-state index is 13.1. The fourth-order valence-corrected chi connectivity index (χ4v) is 6.50. The predicted molar refractivity (Wildman–Crippen MR) is 134 cm³/mol. The normalized spacial score (nSPS) is 21.0. The third kappa shape index (κ3) is 6.04. The van der Waals surface area contributed by atoms with E-state index in [1.807, 2.05) is 19.1 Å². The van der Waals surface area contributed by atoms with Gasteiger partial charge in [0.2, 0.25) is 10.0 Å². The van der Waals surface area contributed by atoms with Gasteiger partial charge < -0.3 is 9.64 Å². The zero-order valence-corrected chi connectivity index (χ0v) is 20.9. The molecule has 1 atom stereocenters. The van der Waals surface area contributed by atoms with Gasteiger partial charge >= 0.3 is 0 Å². The van der Waals surface area contributed by atoms with Crippen LogP contribution in [-0.4, -0.2) is 63.1 Å². The zero-order chi connectivity index (χ0) is 23.3. The Balaban J connectivity index is 1.34. The average Bonchev–Trinajstić information content (AvgIpc) is 3.26. The Morgan fingerprint density at radius 2 is 1.55 bits per heavy atom. The van der Waals surface area contributed by atoms with Crippen LogP contribution in [0.1, 0.15) is 45.1 Å². The first-order valence-corrected chi connectivity index (χ1v) is 13.9. The number of piperidine rings is 1. The van der Waals surface area contributed by atoms with E-state index >= 15 is 0 Å². The number of hydrogen-bond donors (Lipinski definition) is 0. The zero-order valence-electron chi connectivity index (χ0n) is 20.1. The van der Waals surface area contributed by atoms with E-state index < -0.39 is 10.0 Å². The predicted octanol–water partition coefficient (Wildman–Crippen LogP) is 4.82. The van der Waals surface area contributed by atoms with Gasteiger partial charge in [-0.15, -0.1) is 0 Å². The topological polar surface area (TPSA) is 49.9 Å². The molecule has 2 aromatic carbocycles. The van der Waals surface area contributed by atoms with Crippen LogP contribution in [0.2, 0.25) is 0 Å². The lowest BCUT2D eigenvalue weighted by molar-refractivity contribution is 0.0883. The van der Waals surface area contributed by atoms with Crippen LogP contribution in [0.3, 0.4) is 0 Å². The van der Waals surface area contributed by atoms with E-state index in [0.717, 1.165) is 43.5 Å². The van der Waals surface area contributed by atoms with Gasteiger partial charge in [-0.25, -0.2) is 8.42 Å². The van der Waals surface area contributed by atoms with Crippen LogP contribution in [0.4, 0.5) is 0 Å². The molecule has 2 aliphatic rings. The molecule has 33 heavy (non-hydrogen) atoms. The molecule has 2 aromatic rings. The number of benzene rings is 2. The van der Waals surface area contributed by atoms with Gasteiger partial charge in [-0.3, -0.25) is 0 Å². The maximum atomic E-state index is 13.1. The van der Waals surface area contributed by atoms with E-state index in [2.05, 4.69) is 36.1 Å². The van der Waals surface area contributed by atoms with E-state index in [1.165, 1.54) is 24.9 Å². The molecule has 0 saturated carbocycles. The lowest BCUT2D eigenvalue weighted by atomic mass is 9.99. The average molecular weight is 471 g/mol. The van der Waals surface area contributed by atoms with Crippen molar-refractivity contribution in [3.05, 3.63) is 54.1 Å². The largest absolute Gasteiger partial charge is 0.381 e. The second kappa shape index (κ2) is 11.1. The van der Waals surface area contributed by atoms with Crippen LogP contribution < -0.4 is 0 Å². The molecule has 5 nitrogen and oxygen atoms in total. The van der Waals surface area contributed by atoms with E-state index in [0.29, 0.717) is 36.6 Å². The number of hydrogen-bond acceptors (Lipinski definition) is 4. The first-order chi connectivity index (χ1) is 16.0. The summed E-state index contributed by atoms with van der Waals surface area (Å²) in [6.07, 6.45) is 5.43. The van der Waals surface area contributed by atoms with Crippen LogP contribution in [0.15, 0.2) is 53.4 Å². The molecule has 0 aliphatic carbocycles. The molecule has 2 saturated heterocycles. The van der Waals surface area contributed by atoms with Gasteiger partial charge in [0.05, 0.1) is 4.90 Å². The Hall–Kier alpha value is -1.73. The summed E-state index contributed by atoms with van der Waals surface area (Å²) in [6, 6.07) is 16.8. The van der Waals surface area contributed by atoms with Crippen molar-refractivity contribution < 1.29 is 13.2 Å². The molecule has 2 aliphatic heterocycles. The fraction of sp³-hybridized carbons (Fsp3) is 0.556. The van der Waals surface area contributed by atoms with Gasteiger partial charge in [0.25, 0.3) is 0 Å². The molecule has 0 bridgehead atoms. The number of sulfonamides is 1. The Morgan fingerprint density at radius 1 is 0.909 bits per heavy atom. The van der Waals surface area contributed by atoms with E-state index in [4.69, 9.17) is 4.74 Å². The second-order valence-corrected chi connectivity index (χ2v) is 11.4. The summed E-state index contributed by atoms with van der Waals surface area (Å²) in [7, 11) is -3.44. The van der Waals surface area contributed by atoms with E-state index in [-0.39, 0.29) is 0 Å². The van der Waals surface area contributed by atoms with Gasteiger partial charge in [-0.2, -0.15) is 4.31 Å². The highest BCUT2D eigenvalue weighted by Crippen LogP contribution is 2.27. The van der Waals surface area contributed by atoms with Crippen molar-refractivity contribution in [3.63, 3.8) is 0 Å². The smallest absolute Gasteiger partial charge is 0.243 e. The summed E-state index contributed by atoms with van der Waals surface area (Å²) in [5.41, 5.74) is 3.52. The van der Waals surface area contributed by atoms with Gasteiger partial charge in [0, 0.05) is 38.9 Å². The van der Waals surface area contributed by atoms with E-state index in [9.17, 15) is 8.42 Å². The maximum Gasteiger partial charge on any atom is 0.243 e. The Labute approximate surface area is 199 Å². The minimum absolute atomic E-state index is 0.380. The van der Waals surface area contributed by atoms with Crippen molar-refractivity contribution in [1.29, 1.82) is 0 Å². The van der Waals surface area contributed by atoms with Crippen molar-refractivity contribution >= 4 is 10.0 Å². The van der Waals surface area contributed by atoms with Crippen LogP contribution in [0.25, 0.3) is 11.1 Å². The molecule has 6 heteroatoms. The number of ether oxygens (including phenoxy) is 1. The fourth-order valence-electron chi connectivity index (χ4n) is 5.03. The summed E-state index contributed by atoms with van der Waals surface area (Å²) >= 11 is 0. The first-order valence-electron chi connectivity index (χ1n) is 12.5. The summed E-state index contributed by atoms with van der Waals surface area (Å²) in [6.45, 7) is 9.24. The minimum atomic E-state index is -3.44. The molecule has 0 amide bonds. The van der Waals surface area contributed by atoms with E-state index in [1.54, 1.807) is 16.4 Å². The molecular formula is C27H38N2O3S. The monoisotopic (exact) mass is 470 g/mol.